The summed E-state index contributed by atoms with van der Waals surface area (Å²) >= 11 is 1.41. The first-order valence-corrected chi connectivity index (χ1v) is 7.50. The Kier molecular flexibility index (Phi) is 4.18. The summed E-state index contributed by atoms with van der Waals surface area (Å²) < 4.78 is 12.8. The molecule has 0 atom stereocenters. The fourth-order valence-corrected chi connectivity index (χ4v) is 2.73. The Morgan fingerprint density at radius 3 is 2.71 bits per heavy atom. The van der Waals surface area contributed by atoms with Crippen molar-refractivity contribution in [2.24, 2.45) is 0 Å². The quantitative estimate of drug-likeness (QED) is 0.651. The van der Waals surface area contributed by atoms with E-state index in [0.29, 0.717) is 24.0 Å². The summed E-state index contributed by atoms with van der Waals surface area (Å²) in [5, 5.41) is 13.6. The molecule has 3 aromatic heterocycles. The zero-order chi connectivity index (χ0) is 14.7. The molecule has 0 unspecified atom stereocenters. The van der Waals surface area contributed by atoms with E-state index in [-0.39, 0.29) is 0 Å². The number of fused-ring (bicyclic) bond motifs is 1. The van der Waals surface area contributed by atoms with Gasteiger partial charge in [0.25, 0.3) is 0 Å². The summed E-state index contributed by atoms with van der Waals surface area (Å²) in [5.41, 5.74) is 0.867. The average molecular weight is 305 g/mol. The van der Waals surface area contributed by atoms with Crippen molar-refractivity contribution >= 4 is 16.3 Å². The third-order valence-electron chi connectivity index (χ3n) is 2.76. The van der Waals surface area contributed by atoms with Gasteiger partial charge in [-0.1, -0.05) is 11.3 Å². The smallest absolute Gasteiger partial charge is 0.235 e. The van der Waals surface area contributed by atoms with Gasteiger partial charge >= 0.3 is 0 Å². The van der Waals surface area contributed by atoms with Crippen LogP contribution < -0.4 is 0 Å². The van der Waals surface area contributed by atoms with Crippen LogP contribution in [0.2, 0.25) is 0 Å². The number of hydrogen-bond donors (Lipinski definition) is 0. The SMILES string of the molecule is CCOC(OCC)c1nn2c(-c3cccnc3)nnc2s1. The fraction of sp³-hybridized carbons (Fsp3) is 0.385. The van der Waals surface area contributed by atoms with Crippen molar-refractivity contribution in [3.05, 3.63) is 29.5 Å². The zero-order valence-electron chi connectivity index (χ0n) is 11.8. The Labute approximate surface area is 125 Å². The van der Waals surface area contributed by atoms with Gasteiger partial charge in [-0.2, -0.15) is 9.61 Å². The molecule has 0 bridgehead atoms. The minimum atomic E-state index is -0.464. The minimum absolute atomic E-state index is 0.464. The molecule has 0 spiro atoms. The highest BCUT2D eigenvalue weighted by Gasteiger charge is 2.20. The van der Waals surface area contributed by atoms with Gasteiger partial charge in [-0.25, -0.2) is 0 Å². The van der Waals surface area contributed by atoms with Crippen LogP contribution in [0, 0.1) is 0 Å². The van der Waals surface area contributed by atoms with Gasteiger partial charge < -0.3 is 9.47 Å². The number of hydrogen-bond acceptors (Lipinski definition) is 7. The Bertz CT molecular complexity index is 706. The summed E-state index contributed by atoms with van der Waals surface area (Å²) in [4.78, 5) is 4.80. The highest BCUT2D eigenvalue weighted by molar-refractivity contribution is 7.16. The second kappa shape index (κ2) is 6.25. The number of pyridine rings is 1. The summed E-state index contributed by atoms with van der Waals surface area (Å²) in [5.74, 6) is 0.660. The Morgan fingerprint density at radius 1 is 1.24 bits per heavy atom. The lowest BCUT2D eigenvalue weighted by molar-refractivity contribution is -0.140. The first-order chi connectivity index (χ1) is 10.3. The van der Waals surface area contributed by atoms with Crippen molar-refractivity contribution in [1.82, 2.24) is 24.8 Å². The summed E-state index contributed by atoms with van der Waals surface area (Å²) in [7, 11) is 0. The van der Waals surface area contributed by atoms with E-state index in [1.54, 1.807) is 16.9 Å². The predicted molar refractivity (Wildman–Crippen MR) is 77.9 cm³/mol. The molecular weight excluding hydrogens is 290 g/mol. The number of ether oxygens (including phenoxy) is 2. The second-order valence-electron chi connectivity index (χ2n) is 4.14. The van der Waals surface area contributed by atoms with E-state index in [2.05, 4.69) is 20.3 Å². The van der Waals surface area contributed by atoms with Crippen molar-refractivity contribution in [3.63, 3.8) is 0 Å². The highest BCUT2D eigenvalue weighted by Crippen LogP contribution is 2.26. The molecule has 3 heterocycles. The van der Waals surface area contributed by atoms with Crippen molar-refractivity contribution in [2.45, 2.75) is 20.1 Å². The van der Waals surface area contributed by atoms with Crippen LogP contribution in [0.5, 0.6) is 0 Å². The topological polar surface area (TPSA) is 74.4 Å². The maximum absolute atomic E-state index is 5.56. The van der Waals surface area contributed by atoms with Crippen molar-refractivity contribution < 1.29 is 9.47 Å². The van der Waals surface area contributed by atoms with E-state index < -0.39 is 6.29 Å². The Hall–Kier alpha value is -1.90. The van der Waals surface area contributed by atoms with Crippen molar-refractivity contribution in [3.8, 4) is 11.4 Å². The van der Waals surface area contributed by atoms with Crippen LogP contribution in [-0.2, 0) is 9.47 Å². The molecule has 3 rings (SSSR count). The molecule has 0 saturated heterocycles. The Morgan fingerprint density at radius 2 is 2.05 bits per heavy atom. The Balaban J connectivity index is 1.99. The third kappa shape index (κ3) is 2.78. The van der Waals surface area contributed by atoms with Crippen LogP contribution in [0.4, 0.5) is 0 Å². The molecule has 21 heavy (non-hydrogen) atoms. The van der Waals surface area contributed by atoms with Crippen LogP contribution in [0.3, 0.4) is 0 Å². The van der Waals surface area contributed by atoms with Gasteiger partial charge in [0, 0.05) is 31.2 Å². The molecule has 0 fully saturated rings. The molecule has 0 aromatic carbocycles. The van der Waals surface area contributed by atoms with E-state index in [4.69, 9.17) is 9.47 Å². The molecule has 0 aliphatic rings. The molecule has 110 valence electrons. The van der Waals surface area contributed by atoms with Gasteiger partial charge in [-0.3, -0.25) is 4.98 Å². The van der Waals surface area contributed by atoms with Crippen LogP contribution in [0.1, 0.15) is 25.1 Å². The average Bonchev–Trinajstić information content (AvgIpc) is 3.08. The van der Waals surface area contributed by atoms with Gasteiger partial charge in [-0.15, -0.1) is 10.2 Å². The van der Waals surface area contributed by atoms with Crippen LogP contribution in [0.25, 0.3) is 16.3 Å². The van der Waals surface area contributed by atoms with Gasteiger partial charge in [0.1, 0.15) is 0 Å². The molecular formula is C13H15N5O2S. The van der Waals surface area contributed by atoms with E-state index in [0.717, 1.165) is 10.6 Å². The highest BCUT2D eigenvalue weighted by atomic mass is 32.1. The van der Waals surface area contributed by atoms with Gasteiger partial charge in [-0.05, 0) is 26.0 Å². The van der Waals surface area contributed by atoms with Crippen molar-refractivity contribution in [2.75, 3.05) is 13.2 Å². The molecule has 3 aromatic rings. The van der Waals surface area contributed by atoms with E-state index in [9.17, 15) is 0 Å². The predicted octanol–water partition coefficient (Wildman–Crippen LogP) is 2.32. The molecule has 0 aliphatic heterocycles. The maximum Gasteiger partial charge on any atom is 0.235 e. The van der Waals surface area contributed by atoms with Gasteiger partial charge in [0.05, 0.1) is 0 Å². The molecule has 8 heteroatoms. The van der Waals surface area contributed by atoms with E-state index in [1.807, 2.05) is 26.0 Å². The first kappa shape index (κ1) is 14.1. The third-order valence-corrected chi connectivity index (χ3v) is 3.68. The lowest BCUT2D eigenvalue weighted by Gasteiger charge is -2.13. The fourth-order valence-electron chi connectivity index (χ4n) is 1.90. The lowest BCUT2D eigenvalue weighted by Crippen LogP contribution is -2.09. The van der Waals surface area contributed by atoms with Crippen LogP contribution in [0.15, 0.2) is 24.5 Å². The normalized spacial score (nSPS) is 11.6. The summed E-state index contributed by atoms with van der Waals surface area (Å²) in [6, 6.07) is 3.78. The van der Waals surface area contributed by atoms with Crippen molar-refractivity contribution in [1.29, 1.82) is 0 Å². The molecule has 0 aliphatic carbocycles. The van der Waals surface area contributed by atoms with E-state index >= 15 is 0 Å². The van der Waals surface area contributed by atoms with Gasteiger partial charge in [0.15, 0.2) is 10.8 Å². The molecule has 0 amide bonds. The number of aromatic nitrogens is 5. The lowest BCUT2D eigenvalue weighted by atomic mass is 10.3. The number of nitrogens with zero attached hydrogens (tertiary/aromatic N) is 5. The largest absolute Gasteiger partial charge is 0.347 e. The zero-order valence-corrected chi connectivity index (χ0v) is 12.6. The summed E-state index contributed by atoms with van der Waals surface area (Å²) in [6.07, 6.45) is 2.99. The minimum Gasteiger partial charge on any atom is -0.347 e. The van der Waals surface area contributed by atoms with Crippen LogP contribution >= 0.6 is 11.3 Å². The molecule has 0 radical (unpaired) electrons. The first-order valence-electron chi connectivity index (χ1n) is 6.69. The monoisotopic (exact) mass is 305 g/mol. The molecule has 0 saturated carbocycles. The summed E-state index contributed by atoms with van der Waals surface area (Å²) in [6.45, 7) is 4.96. The van der Waals surface area contributed by atoms with E-state index in [1.165, 1.54) is 11.3 Å². The maximum atomic E-state index is 5.56. The molecule has 7 nitrogen and oxygen atoms in total. The van der Waals surface area contributed by atoms with Crippen LogP contribution in [-0.4, -0.2) is 38.0 Å². The number of rotatable bonds is 6. The van der Waals surface area contributed by atoms with Gasteiger partial charge in [0.2, 0.25) is 11.3 Å². The molecule has 0 N–H and O–H groups in total. The second-order valence-corrected chi connectivity index (χ2v) is 5.13. The standard InChI is InChI=1S/C13H15N5O2S/c1-3-19-12(20-4-2)11-17-18-10(15-16-13(18)21-11)9-6-5-7-14-8-9/h5-8,12H,3-4H2,1-2H3.